The van der Waals surface area contributed by atoms with Gasteiger partial charge < -0.3 is 10.2 Å². The topological polar surface area (TPSA) is 81.3 Å². The lowest BCUT2D eigenvalue weighted by atomic mass is 10.1. The van der Waals surface area contributed by atoms with Crippen molar-refractivity contribution in [2.45, 2.75) is 12.8 Å². The number of carbonyl (C=O) groups is 1. The zero-order chi connectivity index (χ0) is 9.84. The SMILES string of the molecule is [NH]C(=O)CCc1ccc(O)c(O)c1. The number of rotatable bonds is 3. The van der Waals surface area contributed by atoms with Gasteiger partial charge in [-0.2, -0.15) is 0 Å². The van der Waals surface area contributed by atoms with Gasteiger partial charge in [-0.3, -0.25) is 10.5 Å². The molecule has 0 atom stereocenters. The molecule has 0 heterocycles. The van der Waals surface area contributed by atoms with Crippen molar-refractivity contribution in [1.29, 1.82) is 0 Å². The summed E-state index contributed by atoms with van der Waals surface area (Å²) in [6, 6.07) is 4.36. The fourth-order valence-electron chi connectivity index (χ4n) is 0.982. The third kappa shape index (κ3) is 2.66. The third-order valence-electron chi connectivity index (χ3n) is 1.68. The van der Waals surface area contributed by atoms with Gasteiger partial charge in [0.05, 0.1) is 0 Å². The Bertz CT molecular complexity index is 323. The monoisotopic (exact) mass is 180 g/mol. The van der Waals surface area contributed by atoms with Crippen molar-refractivity contribution in [2.75, 3.05) is 0 Å². The molecule has 1 aromatic rings. The van der Waals surface area contributed by atoms with Crippen LogP contribution in [0.5, 0.6) is 11.5 Å². The van der Waals surface area contributed by atoms with Gasteiger partial charge in [0.25, 0.3) is 0 Å². The summed E-state index contributed by atoms with van der Waals surface area (Å²) in [5, 5.41) is 18.1. The minimum absolute atomic E-state index is 0.129. The van der Waals surface area contributed by atoms with Crippen LogP contribution in [0.1, 0.15) is 12.0 Å². The average Bonchev–Trinajstić information content (AvgIpc) is 2.07. The van der Waals surface area contributed by atoms with E-state index >= 15 is 0 Å². The van der Waals surface area contributed by atoms with Crippen molar-refractivity contribution in [3.63, 3.8) is 0 Å². The fraction of sp³-hybridized carbons (Fsp3) is 0.222. The first kappa shape index (κ1) is 9.38. The van der Waals surface area contributed by atoms with Crippen molar-refractivity contribution in [3.8, 4) is 11.5 Å². The largest absolute Gasteiger partial charge is 0.504 e. The Balaban J connectivity index is 2.68. The van der Waals surface area contributed by atoms with E-state index in [0.717, 1.165) is 5.56 Å². The minimum Gasteiger partial charge on any atom is -0.504 e. The lowest BCUT2D eigenvalue weighted by Crippen LogP contribution is -1.99. The Hall–Kier alpha value is -1.71. The van der Waals surface area contributed by atoms with Crippen LogP contribution in [0.2, 0.25) is 0 Å². The molecule has 4 heteroatoms. The van der Waals surface area contributed by atoms with E-state index in [1.54, 1.807) is 6.07 Å². The Morgan fingerprint density at radius 1 is 1.31 bits per heavy atom. The molecule has 69 valence electrons. The molecule has 1 amide bonds. The summed E-state index contributed by atoms with van der Waals surface area (Å²) in [6.45, 7) is 0. The summed E-state index contributed by atoms with van der Waals surface area (Å²) in [6.07, 6.45) is 0.542. The molecule has 0 saturated heterocycles. The van der Waals surface area contributed by atoms with Gasteiger partial charge in [0.2, 0.25) is 5.91 Å². The molecule has 1 aromatic carbocycles. The number of nitrogens with one attached hydrogen (secondary N) is 1. The van der Waals surface area contributed by atoms with Gasteiger partial charge >= 0.3 is 0 Å². The van der Waals surface area contributed by atoms with Crippen molar-refractivity contribution in [3.05, 3.63) is 23.8 Å². The molecule has 1 radical (unpaired) electrons. The highest BCUT2D eigenvalue weighted by Crippen LogP contribution is 2.25. The molecule has 0 fully saturated rings. The van der Waals surface area contributed by atoms with Crippen LogP contribution in [0.25, 0.3) is 0 Å². The van der Waals surface area contributed by atoms with E-state index in [1.165, 1.54) is 12.1 Å². The molecule has 0 spiro atoms. The number of hydrogen-bond acceptors (Lipinski definition) is 3. The Kier molecular flexibility index (Phi) is 2.74. The van der Waals surface area contributed by atoms with Gasteiger partial charge in [-0.25, -0.2) is 0 Å². The van der Waals surface area contributed by atoms with Crippen molar-refractivity contribution in [1.82, 2.24) is 5.73 Å². The molecule has 1 rings (SSSR count). The molecule has 3 N–H and O–H groups in total. The van der Waals surface area contributed by atoms with Crippen LogP contribution >= 0.6 is 0 Å². The van der Waals surface area contributed by atoms with E-state index in [4.69, 9.17) is 15.9 Å². The van der Waals surface area contributed by atoms with Crippen LogP contribution in [0.15, 0.2) is 18.2 Å². The summed E-state index contributed by atoms with van der Waals surface area (Å²) in [5.41, 5.74) is 7.40. The Labute approximate surface area is 75.6 Å². The van der Waals surface area contributed by atoms with E-state index < -0.39 is 5.91 Å². The maximum absolute atomic E-state index is 10.3. The second-order valence-corrected chi connectivity index (χ2v) is 2.75. The number of benzene rings is 1. The standard InChI is InChI=1S/C9H10NO3/c10-9(13)4-2-6-1-3-7(11)8(12)5-6/h1,3,5,10-12H,2,4H2. The smallest absolute Gasteiger partial charge is 0.238 e. The van der Waals surface area contributed by atoms with E-state index in [9.17, 15) is 4.79 Å². The predicted octanol–water partition coefficient (Wildman–Crippen LogP) is 0.840. The quantitative estimate of drug-likeness (QED) is 0.676. The number of hydrogen-bond donors (Lipinski definition) is 2. The van der Waals surface area contributed by atoms with Crippen LogP contribution in [0, 0.1) is 0 Å². The van der Waals surface area contributed by atoms with Gasteiger partial charge in [-0.05, 0) is 24.1 Å². The van der Waals surface area contributed by atoms with Gasteiger partial charge in [-0.15, -0.1) is 0 Å². The van der Waals surface area contributed by atoms with Crippen LogP contribution < -0.4 is 5.73 Å². The predicted molar refractivity (Wildman–Crippen MR) is 46.2 cm³/mol. The zero-order valence-electron chi connectivity index (χ0n) is 6.95. The van der Waals surface area contributed by atoms with Gasteiger partial charge in [-0.1, -0.05) is 6.07 Å². The van der Waals surface area contributed by atoms with E-state index in [-0.39, 0.29) is 17.9 Å². The van der Waals surface area contributed by atoms with Crippen LogP contribution in [0.3, 0.4) is 0 Å². The molecule has 0 bridgehead atoms. The molecular weight excluding hydrogens is 170 g/mol. The lowest BCUT2D eigenvalue weighted by molar-refractivity contribution is -0.118. The highest BCUT2D eigenvalue weighted by molar-refractivity contribution is 5.73. The molecule has 0 saturated carbocycles. The molecular formula is C9H10NO3. The maximum Gasteiger partial charge on any atom is 0.238 e. The molecule has 0 unspecified atom stereocenters. The summed E-state index contributed by atoms with van der Waals surface area (Å²) < 4.78 is 0. The number of carbonyl (C=O) groups excluding carboxylic acids is 1. The van der Waals surface area contributed by atoms with Gasteiger partial charge in [0.15, 0.2) is 11.5 Å². The lowest BCUT2D eigenvalue weighted by Gasteiger charge is -2.01. The highest BCUT2D eigenvalue weighted by Gasteiger charge is 2.02. The number of phenols is 2. The summed E-state index contributed by atoms with van der Waals surface area (Å²) >= 11 is 0. The summed E-state index contributed by atoms with van der Waals surface area (Å²) in [7, 11) is 0. The highest BCUT2D eigenvalue weighted by atomic mass is 16.3. The second-order valence-electron chi connectivity index (χ2n) is 2.75. The molecule has 13 heavy (non-hydrogen) atoms. The molecule has 4 nitrogen and oxygen atoms in total. The number of aromatic hydroxyl groups is 2. The first-order valence-electron chi connectivity index (χ1n) is 3.85. The molecule has 0 aromatic heterocycles. The van der Waals surface area contributed by atoms with E-state index in [2.05, 4.69) is 0 Å². The van der Waals surface area contributed by atoms with E-state index in [1.807, 2.05) is 0 Å². The maximum atomic E-state index is 10.3. The van der Waals surface area contributed by atoms with Crippen LogP contribution in [-0.4, -0.2) is 16.1 Å². The number of aryl methyl sites for hydroxylation is 1. The Morgan fingerprint density at radius 2 is 2.00 bits per heavy atom. The minimum atomic E-state index is -0.632. The fourth-order valence-corrected chi connectivity index (χ4v) is 0.982. The average molecular weight is 180 g/mol. The van der Waals surface area contributed by atoms with E-state index in [0.29, 0.717) is 6.42 Å². The first-order valence-corrected chi connectivity index (χ1v) is 3.85. The zero-order valence-corrected chi connectivity index (χ0v) is 6.95. The van der Waals surface area contributed by atoms with Gasteiger partial charge in [0.1, 0.15) is 0 Å². The number of phenolic OH excluding ortho intramolecular Hbond substituents is 2. The molecule has 0 aliphatic carbocycles. The Morgan fingerprint density at radius 3 is 2.54 bits per heavy atom. The first-order chi connectivity index (χ1) is 6.09. The van der Waals surface area contributed by atoms with Crippen molar-refractivity contribution < 1.29 is 15.0 Å². The van der Waals surface area contributed by atoms with Crippen LogP contribution in [0.4, 0.5) is 0 Å². The number of amides is 1. The summed E-state index contributed by atoms with van der Waals surface area (Å²) in [4.78, 5) is 10.3. The molecule has 0 aliphatic heterocycles. The van der Waals surface area contributed by atoms with Crippen molar-refractivity contribution in [2.24, 2.45) is 0 Å². The normalized spacial score (nSPS) is 9.85. The summed E-state index contributed by atoms with van der Waals surface area (Å²) in [5.74, 6) is -1.01. The van der Waals surface area contributed by atoms with Crippen molar-refractivity contribution >= 4 is 5.91 Å². The van der Waals surface area contributed by atoms with Crippen LogP contribution in [-0.2, 0) is 11.2 Å². The van der Waals surface area contributed by atoms with Gasteiger partial charge in [0, 0.05) is 6.42 Å². The third-order valence-corrected chi connectivity index (χ3v) is 1.68. The molecule has 0 aliphatic rings. The second kappa shape index (κ2) is 3.80.